The molecule has 0 aliphatic carbocycles. The van der Waals surface area contributed by atoms with Crippen molar-refractivity contribution < 1.29 is 9.53 Å². The lowest BCUT2D eigenvalue weighted by Gasteiger charge is -2.11. The van der Waals surface area contributed by atoms with E-state index in [1.54, 1.807) is 37.7 Å². The van der Waals surface area contributed by atoms with Crippen LogP contribution in [0.25, 0.3) is 17.1 Å². The molecular weight excluding hydrogens is 446 g/mol. The molecule has 2 aromatic heterocycles. The number of nitrogens with one attached hydrogen (secondary N) is 1. The number of benzene rings is 2. The summed E-state index contributed by atoms with van der Waals surface area (Å²) in [5, 5.41) is 12.6. The summed E-state index contributed by atoms with van der Waals surface area (Å²) in [5.41, 5.74) is 3.49. The number of aryl methyl sites for hydroxylation is 1. The predicted octanol–water partition coefficient (Wildman–Crippen LogP) is 5.03. The number of hydrogen-bond donors (Lipinski definition) is 1. The van der Waals surface area contributed by atoms with Crippen LogP contribution in [0.15, 0.2) is 72.1 Å². The molecule has 1 N–H and O–H groups in total. The summed E-state index contributed by atoms with van der Waals surface area (Å²) in [6.07, 6.45) is 3.45. The zero-order valence-electron chi connectivity index (χ0n) is 17.4. The van der Waals surface area contributed by atoms with Gasteiger partial charge < -0.3 is 10.1 Å². The summed E-state index contributed by atoms with van der Waals surface area (Å²) in [6, 6.07) is 16.9. The number of nitrogens with zero attached hydrogens (tertiary/aromatic N) is 4. The van der Waals surface area contributed by atoms with Crippen LogP contribution in [0.4, 0.5) is 5.69 Å². The third kappa shape index (κ3) is 4.92. The molecule has 0 aliphatic heterocycles. The Morgan fingerprint density at radius 1 is 1.16 bits per heavy atom. The fourth-order valence-electron chi connectivity index (χ4n) is 3.04. The predicted molar refractivity (Wildman–Crippen MR) is 127 cm³/mol. The van der Waals surface area contributed by atoms with E-state index in [0.717, 1.165) is 16.8 Å². The van der Waals surface area contributed by atoms with E-state index in [1.165, 1.54) is 11.8 Å². The van der Waals surface area contributed by atoms with Crippen molar-refractivity contribution in [3.63, 3.8) is 0 Å². The molecule has 162 valence electrons. The Kier molecular flexibility index (Phi) is 6.72. The van der Waals surface area contributed by atoms with E-state index in [4.69, 9.17) is 16.3 Å². The Morgan fingerprint density at radius 3 is 2.66 bits per heavy atom. The number of hydrogen-bond acceptors (Lipinski definition) is 6. The number of methoxy groups -OCH3 is 1. The van der Waals surface area contributed by atoms with Crippen molar-refractivity contribution in [3.05, 3.63) is 77.6 Å². The Labute approximate surface area is 194 Å². The molecule has 0 bridgehead atoms. The van der Waals surface area contributed by atoms with E-state index < -0.39 is 0 Å². The summed E-state index contributed by atoms with van der Waals surface area (Å²) >= 11 is 7.44. The number of rotatable bonds is 7. The molecule has 0 saturated carbocycles. The highest BCUT2D eigenvalue weighted by atomic mass is 35.5. The van der Waals surface area contributed by atoms with E-state index in [-0.39, 0.29) is 11.7 Å². The summed E-state index contributed by atoms with van der Waals surface area (Å²) < 4.78 is 7.07. The number of ether oxygens (including phenoxy) is 1. The molecule has 0 unspecified atom stereocenters. The monoisotopic (exact) mass is 465 g/mol. The third-order valence-electron chi connectivity index (χ3n) is 4.61. The topological polar surface area (TPSA) is 81.9 Å². The van der Waals surface area contributed by atoms with Crippen LogP contribution in [0.2, 0.25) is 5.02 Å². The van der Waals surface area contributed by atoms with E-state index in [9.17, 15) is 4.79 Å². The van der Waals surface area contributed by atoms with E-state index in [0.29, 0.717) is 27.4 Å². The van der Waals surface area contributed by atoms with Gasteiger partial charge in [0.15, 0.2) is 11.0 Å². The molecule has 0 atom stereocenters. The molecule has 0 spiro atoms. The van der Waals surface area contributed by atoms with Gasteiger partial charge in [0.1, 0.15) is 5.75 Å². The SMILES string of the molecule is COc1ccc(NC(=O)CSc2nnc(-c3cccnc3)n2-c2ccc(C)cc2)cc1Cl. The molecule has 4 aromatic rings. The highest BCUT2D eigenvalue weighted by molar-refractivity contribution is 7.99. The Hall–Kier alpha value is -3.36. The number of pyridine rings is 1. The average Bonchev–Trinajstić information content (AvgIpc) is 3.23. The molecule has 32 heavy (non-hydrogen) atoms. The number of halogens is 1. The molecule has 0 radical (unpaired) electrons. The van der Waals surface area contributed by atoms with Crippen molar-refractivity contribution in [2.24, 2.45) is 0 Å². The normalized spacial score (nSPS) is 10.7. The van der Waals surface area contributed by atoms with Crippen LogP contribution in [-0.2, 0) is 4.79 Å². The molecule has 0 saturated heterocycles. The first-order valence-corrected chi connectivity index (χ1v) is 11.1. The van der Waals surface area contributed by atoms with Gasteiger partial charge in [-0.1, -0.05) is 41.1 Å². The maximum absolute atomic E-state index is 12.5. The lowest BCUT2D eigenvalue weighted by molar-refractivity contribution is -0.113. The molecule has 4 rings (SSSR count). The summed E-state index contributed by atoms with van der Waals surface area (Å²) in [5.74, 6) is 1.18. The first-order chi connectivity index (χ1) is 15.5. The van der Waals surface area contributed by atoms with Crippen molar-refractivity contribution in [2.45, 2.75) is 12.1 Å². The fourth-order valence-corrected chi connectivity index (χ4v) is 4.05. The van der Waals surface area contributed by atoms with E-state index in [2.05, 4.69) is 20.5 Å². The van der Waals surface area contributed by atoms with Crippen LogP contribution in [0, 0.1) is 6.92 Å². The smallest absolute Gasteiger partial charge is 0.234 e. The number of carbonyl (C=O) groups is 1. The minimum atomic E-state index is -0.183. The lowest BCUT2D eigenvalue weighted by atomic mass is 10.2. The van der Waals surface area contributed by atoms with Crippen LogP contribution in [0.5, 0.6) is 5.75 Å². The molecule has 0 aliphatic rings. The first-order valence-electron chi connectivity index (χ1n) is 9.74. The van der Waals surface area contributed by atoms with Crippen molar-refractivity contribution >= 4 is 35.0 Å². The number of amides is 1. The average molecular weight is 466 g/mol. The maximum Gasteiger partial charge on any atom is 0.234 e. The second-order valence-corrected chi connectivity index (χ2v) is 8.25. The number of carbonyl (C=O) groups excluding carboxylic acids is 1. The van der Waals surface area contributed by atoms with Crippen LogP contribution in [0.3, 0.4) is 0 Å². The van der Waals surface area contributed by atoms with Crippen molar-refractivity contribution in [2.75, 3.05) is 18.2 Å². The van der Waals surface area contributed by atoms with Crippen molar-refractivity contribution in [3.8, 4) is 22.8 Å². The Balaban J connectivity index is 1.55. The van der Waals surface area contributed by atoms with Gasteiger partial charge in [0.05, 0.1) is 17.9 Å². The largest absolute Gasteiger partial charge is 0.495 e. The number of aromatic nitrogens is 4. The van der Waals surface area contributed by atoms with Gasteiger partial charge in [-0.25, -0.2) is 0 Å². The van der Waals surface area contributed by atoms with Gasteiger partial charge in [0.25, 0.3) is 0 Å². The van der Waals surface area contributed by atoms with Gasteiger partial charge >= 0.3 is 0 Å². The highest BCUT2D eigenvalue weighted by Gasteiger charge is 2.17. The maximum atomic E-state index is 12.5. The van der Waals surface area contributed by atoms with Gasteiger partial charge in [0, 0.05) is 29.3 Å². The van der Waals surface area contributed by atoms with Crippen molar-refractivity contribution in [1.82, 2.24) is 19.7 Å². The zero-order chi connectivity index (χ0) is 22.5. The van der Waals surface area contributed by atoms with Crippen molar-refractivity contribution in [1.29, 1.82) is 0 Å². The highest BCUT2D eigenvalue weighted by Crippen LogP contribution is 2.29. The summed E-state index contributed by atoms with van der Waals surface area (Å²) in [7, 11) is 1.54. The second-order valence-electron chi connectivity index (χ2n) is 6.91. The van der Waals surface area contributed by atoms with E-state index >= 15 is 0 Å². The third-order valence-corrected chi connectivity index (χ3v) is 5.84. The summed E-state index contributed by atoms with van der Waals surface area (Å²) in [4.78, 5) is 16.7. The van der Waals surface area contributed by atoms with Crippen LogP contribution in [0.1, 0.15) is 5.56 Å². The first kappa shape index (κ1) is 21.9. The minimum absolute atomic E-state index is 0.153. The quantitative estimate of drug-likeness (QED) is 0.385. The number of thioether (sulfide) groups is 1. The molecule has 0 fully saturated rings. The minimum Gasteiger partial charge on any atom is -0.495 e. The van der Waals surface area contributed by atoms with Gasteiger partial charge in [-0.15, -0.1) is 10.2 Å². The van der Waals surface area contributed by atoms with Crippen LogP contribution < -0.4 is 10.1 Å². The molecular formula is C23H20ClN5O2S. The second kappa shape index (κ2) is 9.84. The Morgan fingerprint density at radius 2 is 1.97 bits per heavy atom. The Bertz CT molecular complexity index is 1230. The van der Waals surface area contributed by atoms with Gasteiger partial charge in [0.2, 0.25) is 5.91 Å². The zero-order valence-corrected chi connectivity index (χ0v) is 19.0. The van der Waals surface area contributed by atoms with Gasteiger partial charge in [-0.2, -0.15) is 0 Å². The molecule has 2 heterocycles. The van der Waals surface area contributed by atoms with Crippen LogP contribution >= 0.6 is 23.4 Å². The van der Waals surface area contributed by atoms with Crippen LogP contribution in [-0.4, -0.2) is 38.5 Å². The summed E-state index contributed by atoms with van der Waals surface area (Å²) in [6.45, 7) is 2.03. The van der Waals surface area contributed by atoms with E-state index in [1.807, 2.05) is 47.9 Å². The fraction of sp³-hybridized carbons (Fsp3) is 0.130. The van der Waals surface area contributed by atoms with Gasteiger partial charge in [-0.3, -0.25) is 14.3 Å². The lowest BCUT2D eigenvalue weighted by Crippen LogP contribution is -2.14. The van der Waals surface area contributed by atoms with Gasteiger partial charge in [-0.05, 0) is 49.4 Å². The molecule has 9 heteroatoms. The standard InChI is InChI=1S/C23H20ClN5O2S/c1-15-5-8-18(9-6-15)29-22(16-4-3-11-25-13-16)27-28-23(29)32-14-21(30)26-17-7-10-20(31-2)19(24)12-17/h3-13H,14H2,1-2H3,(H,26,30). The molecule has 2 aromatic carbocycles. The number of anilines is 1. The molecule has 1 amide bonds. The molecule has 7 nitrogen and oxygen atoms in total.